The van der Waals surface area contributed by atoms with Crippen molar-refractivity contribution >= 4 is 50.7 Å². The summed E-state index contributed by atoms with van der Waals surface area (Å²) in [6, 6.07) is 16.7. The van der Waals surface area contributed by atoms with E-state index in [-0.39, 0.29) is 34.5 Å². The molecule has 11 heteroatoms. The third-order valence-electron chi connectivity index (χ3n) is 6.00. The summed E-state index contributed by atoms with van der Waals surface area (Å²) in [6.07, 6.45) is 0.951. The van der Waals surface area contributed by atoms with E-state index >= 15 is 0 Å². The number of halogens is 3. The molecule has 0 aliphatic rings. The molecule has 0 heterocycles. The first kappa shape index (κ1) is 30.4. The standard InChI is InChI=1S/C28H30Cl2FN3O4S/c1-3-16-32-28(36)25(4-2)33(18-20-14-15-22(29)23(30)17-20)27(35)19-34(26-13-9-8-12-24(26)31)39(37,38)21-10-6-5-7-11-21/h5-15,17,25H,3-4,16,18-19H2,1-2H3,(H,32,36)/t25-/m0/s1. The molecule has 0 fully saturated rings. The summed E-state index contributed by atoms with van der Waals surface area (Å²) >= 11 is 12.2. The first-order valence-electron chi connectivity index (χ1n) is 12.4. The second kappa shape index (κ2) is 13.8. The summed E-state index contributed by atoms with van der Waals surface area (Å²) < 4.78 is 43.0. The van der Waals surface area contributed by atoms with Crippen molar-refractivity contribution in [3.8, 4) is 0 Å². The van der Waals surface area contributed by atoms with Gasteiger partial charge in [0, 0.05) is 13.1 Å². The van der Waals surface area contributed by atoms with Crippen LogP contribution in [0.25, 0.3) is 0 Å². The molecule has 0 aromatic heterocycles. The molecule has 39 heavy (non-hydrogen) atoms. The number of anilines is 1. The SMILES string of the molecule is CCCNC(=O)[C@H](CC)N(Cc1ccc(Cl)c(Cl)c1)C(=O)CN(c1ccccc1F)S(=O)(=O)c1ccccc1. The van der Waals surface area contributed by atoms with Gasteiger partial charge >= 0.3 is 0 Å². The molecule has 3 rings (SSSR count). The van der Waals surface area contributed by atoms with Gasteiger partial charge in [0.25, 0.3) is 10.0 Å². The average molecular weight is 595 g/mol. The monoisotopic (exact) mass is 593 g/mol. The molecule has 0 unspecified atom stereocenters. The Kier molecular flexibility index (Phi) is 10.7. The van der Waals surface area contributed by atoms with Crippen LogP contribution in [-0.4, -0.2) is 44.3 Å². The number of carbonyl (C=O) groups is 2. The van der Waals surface area contributed by atoms with Crippen molar-refractivity contribution in [2.75, 3.05) is 17.4 Å². The molecule has 0 aliphatic heterocycles. The minimum absolute atomic E-state index is 0.0513. The summed E-state index contributed by atoms with van der Waals surface area (Å²) in [5.41, 5.74) is 0.301. The maximum atomic E-state index is 14.9. The first-order chi connectivity index (χ1) is 18.6. The van der Waals surface area contributed by atoms with Gasteiger partial charge in [-0.05, 0) is 54.8 Å². The molecule has 0 saturated carbocycles. The van der Waals surface area contributed by atoms with Crippen molar-refractivity contribution in [1.82, 2.24) is 10.2 Å². The number of para-hydroxylation sites is 1. The number of sulfonamides is 1. The second-order valence-electron chi connectivity index (χ2n) is 8.76. The van der Waals surface area contributed by atoms with Crippen LogP contribution in [0.3, 0.4) is 0 Å². The van der Waals surface area contributed by atoms with Crippen molar-refractivity contribution < 1.29 is 22.4 Å². The van der Waals surface area contributed by atoms with E-state index in [4.69, 9.17) is 23.2 Å². The van der Waals surface area contributed by atoms with Gasteiger partial charge in [-0.25, -0.2) is 12.8 Å². The Morgan fingerprint density at radius 2 is 1.62 bits per heavy atom. The second-order valence-corrected chi connectivity index (χ2v) is 11.4. The number of nitrogens with one attached hydrogen (secondary N) is 1. The lowest BCUT2D eigenvalue weighted by Crippen LogP contribution is -2.52. The molecule has 1 N–H and O–H groups in total. The van der Waals surface area contributed by atoms with Gasteiger partial charge in [-0.3, -0.25) is 13.9 Å². The number of hydrogen-bond acceptors (Lipinski definition) is 4. The van der Waals surface area contributed by atoms with E-state index < -0.39 is 34.3 Å². The Balaban J connectivity index is 2.06. The highest BCUT2D eigenvalue weighted by molar-refractivity contribution is 7.92. The lowest BCUT2D eigenvalue weighted by atomic mass is 10.1. The normalized spacial score (nSPS) is 12.0. The van der Waals surface area contributed by atoms with E-state index in [1.54, 1.807) is 31.2 Å². The lowest BCUT2D eigenvalue weighted by Gasteiger charge is -2.33. The van der Waals surface area contributed by atoms with E-state index in [1.165, 1.54) is 47.4 Å². The minimum atomic E-state index is -4.35. The van der Waals surface area contributed by atoms with Crippen molar-refractivity contribution in [1.29, 1.82) is 0 Å². The Morgan fingerprint density at radius 3 is 2.23 bits per heavy atom. The van der Waals surface area contributed by atoms with Crippen LogP contribution < -0.4 is 9.62 Å². The molecule has 0 bridgehead atoms. The summed E-state index contributed by atoms with van der Waals surface area (Å²) in [6.45, 7) is 3.27. The third kappa shape index (κ3) is 7.50. The van der Waals surface area contributed by atoms with E-state index in [9.17, 15) is 22.4 Å². The molecular formula is C28H30Cl2FN3O4S. The molecule has 0 aliphatic carbocycles. The molecule has 2 amide bonds. The summed E-state index contributed by atoms with van der Waals surface area (Å²) in [5, 5.41) is 3.40. The summed E-state index contributed by atoms with van der Waals surface area (Å²) in [4.78, 5) is 28.2. The van der Waals surface area contributed by atoms with Gasteiger partial charge in [0.05, 0.1) is 20.6 Å². The van der Waals surface area contributed by atoms with Crippen molar-refractivity contribution in [3.05, 3.63) is 94.2 Å². The number of hydrogen-bond donors (Lipinski definition) is 1. The average Bonchev–Trinajstić information content (AvgIpc) is 2.93. The van der Waals surface area contributed by atoms with Crippen molar-refractivity contribution in [2.24, 2.45) is 0 Å². The molecule has 3 aromatic carbocycles. The van der Waals surface area contributed by atoms with Gasteiger partial charge in [-0.1, -0.05) is 73.4 Å². The smallest absolute Gasteiger partial charge is 0.264 e. The van der Waals surface area contributed by atoms with Crippen LogP contribution in [0.5, 0.6) is 0 Å². The van der Waals surface area contributed by atoms with Crippen molar-refractivity contribution in [3.63, 3.8) is 0 Å². The third-order valence-corrected chi connectivity index (χ3v) is 8.52. The zero-order valence-electron chi connectivity index (χ0n) is 21.6. The summed E-state index contributed by atoms with van der Waals surface area (Å²) in [7, 11) is -4.35. The molecule has 7 nitrogen and oxygen atoms in total. The fourth-order valence-corrected chi connectivity index (χ4v) is 5.77. The fraction of sp³-hybridized carbons (Fsp3) is 0.286. The number of rotatable bonds is 12. The molecule has 0 radical (unpaired) electrons. The molecule has 1 atom stereocenters. The molecule has 0 spiro atoms. The Labute approximate surface area is 238 Å². The quantitative estimate of drug-likeness (QED) is 0.293. The maximum absolute atomic E-state index is 14.9. The van der Waals surface area contributed by atoms with Gasteiger partial charge in [-0.2, -0.15) is 0 Å². The van der Waals surface area contributed by atoms with E-state index in [2.05, 4.69) is 5.32 Å². The van der Waals surface area contributed by atoms with Gasteiger partial charge in [-0.15, -0.1) is 0 Å². The molecule has 0 saturated heterocycles. The van der Waals surface area contributed by atoms with Crippen LogP contribution in [0.15, 0.2) is 77.7 Å². The number of amides is 2. The summed E-state index contributed by atoms with van der Waals surface area (Å²) in [5.74, 6) is -1.88. The van der Waals surface area contributed by atoms with Gasteiger partial charge in [0.15, 0.2) is 0 Å². The maximum Gasteiger partial charge on any atom is 0.264 e. The zero-order chi connectivity index (χ0) is 28.6. The Morgan fingerprint density at radius 1 is 0.949 bits per heavy atom. The van der Waals surface area contributed by atoms with Gasteiger partial charge in [0.2, 0.25) is 11.8 Å². The van der Waals surface area contributed by atoms with Crippen LogP contribution in [0.1, 0.15) is 32.3 Å². The van der Waals surface area contributed by atoms with E-state index in [1.807, 2.05) is 6.92 Å². The fourth-order valence-electron chi connectivity index (χ4n) is 4.01. The van der Waals surface area contributed by atoms with Crippen LogP contribution >= 0.6 is 23.2 Å². The lowest BCUT2D eigenvalue weighted by molar-refractivity contribution is -0.140. The van der Waals surface area contributed by atoms with E-state index in [0.29, 0.717) is 23.6 Å². The molecule has 3 aromatic rings. The number of benzene rings is 3. The highest BCUT2D eigenvalue weighted by Gasteiger charge is 2.34. The zero-order valence-corrected chi connectivity index (χ0v) is 23.9. The van der Waals surface area contributed by atoms with Crippen LogP contribution in [-0.2, 0) is 26.2 Å². The van der Waals surface area contributed by atoms with E-state index in [0.717, 1.165) is 10.4 Å². The number of carbonyl (C=O) groups excluding carboxylic acids is 2. The predicted octanol–water partition coefficient (Wildman–Crippen LogP) is 5.66. The van der Waals surface area contributed by atoms with Crippen LogP contribution in [0, 0.1) is 5.82 Å². The largest absolute Gasteiger partial charge is 0.354 e. The predicted molar refractivity (Wildman–Crippen MR) is 152 cm³/mol. The molecular weight excluding hydrogens is 564 g/mol. The van der Waals surface area contributed by atoms with Crippen molar-refractivity contribution in [2.45, 2.75) is 44.2 Å². The first-order valence-corrected chi connectivity index (χ1v) is 14.6. The topological polar surface area (TPSA) is 86.8 Å². The van der Waals surface area contributed by atoms with Crippen LogP contribution in [0.4, 0.5) is 10.1 Å². The van der Waals surface area contributed by atoms with Crippen LogP contribution in [0.2, 0.25) is 10.0 Å². The van der Waals surface area contributed by atoms with Gasteiger partial charge in [0.1, 0.15) is 18.4 Å². The van der Waals surface area contributed by atoms with Gasteiger partial charge < -0.3 is 10.2 Å². The Hall–Kier alpha value is -3.14. The number of nitrogens with zero attached hydrogens (tertiary/aromatic N) is 2. The Bertz CT molecular complexity index is 1410. The highest BCUT2D eigenvalue weighted by atomic mass is 35.5. The minimum Gasteiger partial charge on any atom is -0.354 e. The highest BCUT2D eigenvalue weighted by Crippen LogP contribution is 2.28. The molecule has 208 valence electrons.